The highest BCUT2D eigenvalue weighted by Gasteiger charge is 2.31. The van der Waals surface area contributed by atoms with Gasteiger partial charge >= 0.3 is 12.1 Å². The summed E-state index contributed by atoms with van der Waals surface area (Å²) in [7, 11) is 0. The molecule has 1 heterocycles. The van der Waals surface area contributed by atoms with Crippen molar-refractivity contribution in [3.63, 3.8) is 0 Å². The first-order chi connectivity index (χ1) is 14.9. The predicted molar refractivity (Wildman–Crippen MR) is 113 cm³/mol. The summed E-state index contributed by atoms with van der Waals surface area (Å²) in [5.41, 5.74) is 1.79. The normalized spacial score (nSPS) is 21.9. The van der Waals surface area contributed by atoms with Crippen molar-refractivity contribution in [2.24, 2.45) is 11.8 Å². The molecule has 0 aliphatic heterocycles. The lowest BCUT2D eigenvalue weighted by atomic mass is 9.87. The standard InChI is InChI=1S/C23H28N2O6/c1-13-20(24-23(28)29-14(2)15-6-7-15)21(31-25-13)16-8-10-18(11-9-16)30-19-5-3-4-17(12-19)22(26)27/h8-11,14-15,17,19H,3-7,12H2,1-2H3,(H,24,28)(H,26,27)/t14-,17+,19+/m1/s1. The van der Waals surface area contributed by atoms with Gasteiger partial charge in [-0.3, -0.25) is 10.1 Å². The molecule has 0 saturated heterocycles. The molecular formula is C23H28N2O6. The number of nitrogens with zero attached hydrogens (tertiary/aromatic N) is 1. The molecule has 8 nitrogen and oxygen atoms in total. The van der Waals surface area contributed by atoms with Crippen molar-refractivity contribution in [3.05, 3.63) is 30.0 Å². The fraction of sp³-hybridized carbons (Fsp3) is 0.522. The number of anilines is 1. The molecule has 2 aromatic rings. The molecule has 1 aromatic heterocycles. The lowest BCUT2D eigenvalue weighted by Gasteiger charge is -2.27. The van der Waals surface area contributed by atoms with Crippen molar-refractivity contribution in [1.29, 1.82) is 0 Å². The van der Waals surface area contributed by atoms with E-state index in [-0.39, 0.29) is 18.1 Å². The maximum atomic E-state index is 12.3. The van der Waals surface area contributed by atoms with Gasteiger partial charge in [-0.25, -0.2) is 4.79 Å². The van der Waals surface area contributed by atoms with Crippen LogP contribution in [0.1, 0.15) is 51.1 Å². The average Bonchev–Trinajstić information content (AvgIpc) is 3.54. The van der Waals surface area contributed by atoms with E-state index in [2.05, 4.69) is 10.5 Å². The molecule has 0 spiro atoms. The number of aryl methyl sites for hydroxylation is 1. The molecule has 2 N–H and O–H groups in total. The van der Waals surface area contributed by atoms with E-state index >= 15 is 0 Å². The third-order valence-corrected chi connectivity index (χ3v) is 6.06. The van der Waals surface area contributed by atoms with Crippen LogP contribution < -0.4 is 10.1 Å². The molecule has 1 aromatic carbocycles. The number of carboxylic acid groups (broad SMARTS) is 1. The van der Waals surface area contributed by atoms with Crippen molar-refractivity contribution in [2.75, 3.05) is 5.32 Å². The van der Waals surface area contributed by atoms with E-state index in [1.54, 1.807) is 6.92 Å². The number of hydrogen-bond acceptors (Lipinski definition) is 6. The second-order valence-electron chi connectivity index (χ2n) is 8.51. The van der Waals surface area contributed by atoms with Crippen LogP contribution in [0.4, 0.5) is 10.5 Å². The number of carbonyl (C=O) groups excluding carboxylic acids is 1. The predicted octanol–water partition coefficient (Wildman–Crippen LogP) is 5.02. The van der Waals surface area contributed by atoms with Gasteiger partial charge in [0.15, 0.2) is 5.76 Å². The minimum atomic E-state index is -0.755. The van der Waals surface area contributed by atoms with Gasteiger partial charge in [-0.2, -0.15) is 0 Å². The van der Waals surface area contributed by atoms with Crippen LogP contribution in [-0.4, -0.2) is 34.5 Å². The van der Waals surface area contributed by atoms with Crippen LogP contribution in [0.2, 0.25) is 0 Å². The summed E-state index contributed by atoms with van der Waals surface area (Å²) in [5, 5.41) is 16.0. The van der Waals surface area contributed by atoms with Crippen molar-refractivity contribution in [2.45, 2.75) is 64.6 Å². The van der Waals surface area contributed by atoms with E-state index in [0.29, 0.717) is 41.7 Å². The number of carboxylic acids is 1. The molecule has 1 amide bonds. The molecule has 2 saturated carbocycles. The van der Waals surface area contributed by atoms with Crippen LogP contribution in [-0.2, 0) is 9.53 Å². The van der Waals surface area contributed by atoms with Crippen LogP contribution in [0.3, 0.4) is 0 Å². The van der Waals surface area contributed by atoms with Crippen molar-refractivity contribution in [1.82, 2.24) is 5.16 Å². The molecule has 166 valence electrons. The molecule has 0 radical (unpaired) electrons. The van der Waals surface area contributed by atoms with Crippen LogP contribution in [0, 0.1) is 18.8 Å². The SMILES string of the molecule is Cc1noc(-c2ccc(O[C@H]3CCC[C@H](C(=O)O)C3)cc2)c1NC(=O)O[C@H](C)C1CC1. The van der Waals surface area contributed by atoms with Crippen molar-refractivity contribution >= 4 is 17.7 Å². The molecule has 31 heavy (non-hydrogen) atoms. The third-order valence-electron chi connectivity index (χ3n) is 6.06. The molecule has 4 rings (SSSR count). The highest BCUT2D eigenvalue weighted by molar-refractivity contribution is 5.90. The van der Waals surface area contributed by atoms with Gasteiger partial charge in [0.2, 0.25) is 0 Å². The average molecular weight is 428 g/mol. The summed E-state index contributed by atoms with van der Waals surface area (Å²) < 4.78 is 16.9. The van der Waals surface area contributed by atoms with E-state index in [1.165, 1.54) is 0 Å². The highest BCUT2D eigenvalue weighted by atomic mass is 16.6. The first kappa shape index (κ1) is 21.2. The smallest absolute Gasteiger partial charge is 0.412 e. The monoisotopic (exact) mass is 428 g/mol. The van der Waals surface area contributed by atoms with E-state index in [4.69, 9.17) is 14.0 Å². The van der Waals surface area contributed by atoms with Gasteiger partial charge < -0.3 is 19.1 Å². The molecule has 3 atom stereocenters. The number of nitrogens with one attached hydrogen (secondary N) is 1. The number of aromatic nitrogens is 1. The maximum Gasteiger partial charge on any atom is 0.412 e. The zero-order valence-corrected chi connectivity index (χ0v) is 17.8. The second-order valence-corrected chi connectivity index (χ2v) is 8.51. The van der Waals surface area contributed by atoms with Gasteiger partial charge in [-0.1, -0.05) is 5.16 Å². The Kier molecular flexibility index (Phi) is 6.15. The first-order valence-corrected chi connectivity index (χ1v) is 10.8. The molecule has 8 heteroatoms. The Morgan fingerprint density at radius 1 is 1.19 bits per heavy atom. The number of benzene rings is 1. The number of carbonyl (C=O) groups is 2. The topological polar surface area (TPSA) is 111 Å². The van der Waals surface area contributed by atoms with Gasteiger partial charge in [-0.05, 0) is 82.6 Å². The molecule has 2 fully saturated rings. The maximum absolute atomic E-state index is 12.3. The van der Waals surface area contributed by atoms with Crippen LogP contribution in [0.25, 0.3) is 11.3 Å². The summed E-state index contributed by atoms with van der Waals surface area (Å²) in [5.74, 6) is 0.476. The number of aliphatic carboxylic acids is 1. The fourth-order valence-electron chi connectivity index (χ4n) is 4.03. The quantitative estimate of drug-likeness (QED) is 0.637. The number of ether oxygens (including phenoxy) is 2. The number of amides is 1. The number of rotatable bonds is 7. The summed E-state index contributed by atoms with van der Waals surface area (Å²) in [6.45, 7) is 3.66. The van der Waals surface area contributed by atoms with E-state index < -0.39 is 12.1 Å². The Labute approximate surface area is 180 Å². The highest BCUT2D eigenvalue weighted by Crippen LogP contribution is 2.36. The van der Waals surface area contributed by atoms with Crippen LogP contribution in [0.5, 0.6) is 5.75 Å². The Balaban J connectivity index is 1.41. The summed E-state index contributed by atoms with van der Waals surface area (Å²) >= 11 is 0. The van der Waals surface area contributed by atoms with Crippen LogP contribution >= 0.6 is 0 Å². The summed E-state index contributed by atoms with van der Waals surface area (Å²) in [6, 6.07) is 7.29. The lowest BCUT2D eigenvalue weighted by Crippen LogP contribution is -2.29. The van der Waals surface area contributed by atoms with E-state index in [0.717, 1.165) is 31.2 Å². The zero-order valence-electron chi connectivity index (χ0n) is 17.8. The molecule has 0 bridgehead atoms. The van der Waals surface area contributed by atoms with Gasteiger partial charge in [0.1, 0.15) is 23.2 Å². The first-order valence-electron chi connectivity index (χ1n) is 10.8. The second kappa shape index (κ2) is 8.99. The van der Waals surface area contributed by atoms with E-state index in [9.17, 15) is 14.7 Å². The summed E-state index contributed by atoms with van der Waals surface area (Å²) in [4.78, 5) is 23.5. The Morgan fingerprint density at radius 2 is 1.94 bits per heavy atom. The Bertz CT molecular complexity index is 934. The van der Waals surface area contributed by atoms with Gasteiger partial charge in [-0.15, -0.1) is 0 Å². The minimum absolute atomic E-state index is 0.103. The zero-order chi connectivity index (χ0) is 22.0. The van der Waals surface area contributed by atoms with Crippen LogP contribution in [0.15, 0.2) is 28.8 Å². The third kappa shape index (κ3) is 5.18. The Hall–Kier alpha value is -3.03. The molecule has 2 aliphatic rings. The van der Waals surface area contributed by atoms with Crippen molar-refractivity contribution in [3.8, 4) is 17.1 Å². The van der Waals surface area contributed by atoms with Gasteiger partial charge in [0.05, 0.1) is 12.0 Å². The summed E-state index contributed by atoms with van der Waals surface area (Å²) in [6.07, 6.45) is 4.39. The minimum Gasteiger partial charge on any atom is -0.490 e. The largest absolute Gasteiger partial charge is 0.490 e. The fourth-order valence-corrected chi connectivity index (χ4v) is 4.03. The van der Waals surface area contributed by atoms with Gasteiger partial charge in [0.25, 0.3) is 0 Å². The van der Waals surface area contributed by atoms with E-state index in [1.807, 2.05) is 31.2 Å². The molecule has 2 aliphatic carbocycles. The molecular weight excluding hydrogens is 400 g/mol. The van der Waals surface area contributed by atoms with Gasteiger partial charge in [0, 0.05) is 5.56 Å². The Morgan fingerprint density at radius 3 is 2.61 bits per heavy atom. The number of hydrogen-bond donors (Lipinski definition) is 2. The van der Waals surface area contributed by atoms with Crippen molar-refractivity contribution < 1.29 is 28.7 Å². The molecule has 0 unspecified atom stereocenters. The lowest BCUT2D eigenvalue weighted by molar-refractivity contribution is -0.143.